The van der Waals surface area contributed by atoms with Crippen molar-refractivity contribution < 1.29 is 93.1 Å². The van der Waals surface area contributed by atoms with Crippen LogP contribution in [-0.4, -0.2) is 83.2 Å². The average Bonchev–Trinajstić information content (AvgIpc) is 2.18. The first-order chi connectivity index (χ1) is 11.8. The molecule has 0 aliphatic rings. The summed E-state index contributed by atoms with van der Waals surface area (Å²) in [5, 5.41) is -3.23. The van der Waals surface area contributed by atoms with Crippen molar-refractivity contribution in [2.75, 3.05) is 27.8 Å². The quantitative estimate of drug-likeness (QED) is 0.0961. The maximum Gasteiger partial charge on any atom is 1.00 e. The standard InChI is InChI=1S/C2H5ClO4S2.C2H6O5S2.C2H6.CH3ClO4S2.2CH3.2Li/c1-8(4,5)2-9(3,6)7;1-8(3,4)2-9(5,6)7;1-2;2-8(5,6)1-7(3)4;;;;/h2H2,1H3;2H2,1H3,(H,5,6,7);1-2H3;1H2,(H,3,4);2*1H3;;/q;;;;2*-1;2*+1/p-1. The van der Waals surface area contributed by atoms with Gasteiger partial charge in [-0.15, -0.1) is 0 Å². The zero-order chi connectivity index (χ0) is 24.2. The summed E-state index contributed by atoms with van der Waals surface area (Å²) >= 11 is -2.60. The van der Waals surface area contributed by atoms with Crippen molar-refractivity contribution in [3.05, 3.63) is 14.9 Å². The maximum atomic E-state index is 10.2. The van der Waals surface area contributed by atoms with Crippen molar-refractivity contribution >= 4 is 80.3 Å². The van der Waals surface area contributed by atoms with Crippen LogP contribution < -0.4 is 37.7 Å². The van der Waals surface area contributed by atoms with E-state index in [-0.39, 0.29) is 52.6 Å². The molecule has 0 saturated carbocycles. The van der Waals surface area contributed by atoms with E-state index in [4.69, 9.17) is 4.55 Å². The van der Waals surface area contributed by atoms with Gasteiger partial charge in [0.25, 0.3) is 10.1 Å². The molecular weight excluding hydrogens is 593 g/mol. The van der Waals surface area contributed by atoms with Gasteiger partial charge in [0, 0.05) is 33.9 Å². The molecule has 0 rings (SSSR count). The Morgan fingerprint density at radius 3 is 0.969 bits per heavy atom. The summed E-state index contributed by atoms with van der Waals surface area (Å²) in [5.74, 6) is 0. The van der Waals surface area contributed by atoms with Crippen molar-refractivity contribution in [3.63, 3.8) is 0 Å². The minimum atomic E-state index is -4.37. The van der Waals surface area contributed by atoms with Crippen LogP contribution in [0.3, 0.4) is 0 Å². The van der Waals surface area contributed by atoms with Crippen molar-refractivity contribution in [1.29, 1.82) is 0 Å². The van der Waals surface area contributed by atoms with E-state index in [2.05, 4.69) is 21.4 Å². The predicted molar refractivity (Wildman–Crippen MR) is 118 cm³/mol. The second kappa shape index (κ2) is 23.0. The SMILES string of the molecule is CC.CS(=O)(=O)CS(=O)(=O)Cl.CS(=O)(=O)CS(=O)(=O)O.O=S([O-])CS(=O)(=O)Cl.[CH3-].[CH3-].[Li+].[Li+]. The van der Waals surface area contributed by atoms with Crippen LogP contribution in [0.5, 0.6) is 0 Å². The molecular formula is C9H25Cl2Li2O13S6-. The van der Waals surface area contributed by atoms with Crippen molar-refractivity contribution in [1.82, 2.24) is 0 Å². The molecule has 0 aliphatic carbocycles. The van der Waals surface area contributed by atoms with E-state index in [1.807, 2.05) is 13.8 Å². The fourth-order valence-corrected chi connectivity index (χ4v) is 7.88. The maximum absolute atomic E-state index is 10.2. The molecule has 0 amide bonds. The van der Waals surface area contributed by atoms with Gasteiger partial charge in [-0.3, -0.25) is 8.76 Å². The van der Waals surface area contributed by atoms with Gasteiger partial charge in [0.1, 0.15) is 5.08 Å². The molecule has 1 unspecified atom stereocenters. The van der Waals surface area contributed by atoms with Gasteiger partial charge in [-0.2, -0.15) is 8.42 Å². The third-order valence-corrected chi connectivity index (χ3v) is 10.2. The molecule has 0 aromatic heterocycles. The Morgan fingerprint density at radius 2 is 0.969 bits per heavy atom. The Balaban J connectivity index is -0.0000000408. The molecule has 1 N–H and O–H groups in total. The normalized spacial score (nSPS) is 11.8. The number of rotatable bonds is 6. The second-order valence-electron chi connectivity index (χ2n) is 4.17. The Morgan fingerprint density at radius 1 is 0.719 bits per heavy atom. The predicted octanol–water partition coefficient (Wildman–Crippen LogP) is -6.24. The van der Waals surface area contributed by atoms with Crippen molar-refractivity contribution in [2.24, 2.45) is 0 Å². The summed E-state index contributed by atoms with van der Waals surface area (Å²) in [5.41, 5.74) is 0. The molecule has 0 aromatic carbocycles. The largest absolute Gasteiger partial charge is 1.00 e. The van der Waals surface area contributed by atoms with Gasteiger partial charge >= 0.3 is 37.7 Å². The first-order valence-electron chi connectivity index (χ1n) is 6.04. The Labute approximate surface area is 227 Å². The van der Waals surface area contributed by atoms with Gasteiger partial charge in [0.05, 0.1) is 0 Å². The van der Waals surface area contributed by atoms with E-state index < -0.39 is 74.2 Å². The van der Waals surface area contributed by atoms with Crippen molar-refractivity contribution in [2.45, 2.75) is 13.8 Å². The van der Waals surface area contributed by atoms with Gasteiger partial charge < -0.3 is 19.4 Å². The van der Waals surface area contributed by atoms with E-state index in [1.54, 1.807) is 0 Å². The summed E-state index contributed by atoms with van der Waals surface area (Å²) in [6, 6.07) is 0. The van der Waals surface area contributed by atoms with Crippen LogP contribution in [0.2, 0.25) is 0 Å². The minimum Gasteiger partial charge on any atom is -0.772 e. The van der Waals surface area contributed by atoms with Crippen LogP contribution in [0.1, 0.15) is 13.8 Å². The Bertz CT molecular complexity index is 882. The number of halogens is 2. The fourth-order valence-electron chi connectivity index (χ4n) is 0.641. The first kappa shape index (κ1) is 54.5. The molecule has 0 saturated heterocycles. The van der Waals surface area contributed by atoms with Gasteiger partial charge in [0.15, 0.2) is 29.8 Å². The molecule has 1 atom stereocenters. The van der Waals surface area contributed by atoms with Crippen LogP contribution in [0, 0.1) is 14.9 Å². The number of sulfone groups is 2. The molecule has 0 bridgehead atoms. The van der Waals surface area contributed by atoms with Gasteiger partial charge in [-0.05, 0) is 11.1 Å². The third kappa shape index (κ3) is 85.5. The number of hydrogen-bond donors (Lipinski definition) is 1. The van der Waals surface area contributed by atoms with E-state index in [9.17, 15) is 50.9 Å². The first-order valence-corrected chi connectivity index (χ1v) is 18.0. The van der Waals surface area contributed by atoms with Crippen LogP contribution in [0.15, 0.2) is 0 Å². The molecule has 23 heteroatoms. The van der Waals surface area contributed by atoms with Crippen LogP contribution >= 0.6 is 21.4 Å². The summed E-state index contributed by atoms with van der Waals surface area (Å²) in [7, 11) is -10.1. The summed E-state index contributed by atoms with van der Waals surface area (Å²) < 4.78 is 127. The van der Waals surface area contributed by atoms with Gasteiger partial charge in [0.2, 0.25) is 18.1 Å². The Kier molecular flexibility index (Phi) is 39.2. The molecule has 0 fully saturated rings. The average molecular weight is 618 g/mol. The summed E-state index contributed by atoms with van der Waals surface area (Å²) in [4.78, 5) is 0. The molecule has 32 heavy (non-hydrogen) atoms. The second-order valence-corrected chi connectivity index (χ2v) is 17.4. The topological polar surface area (TPSA) is 231 Å². The van der Waals surface area contributed by atoms with Crippen LogP contribution in [0.4, 0.5) is 0 Å². The third-order valence-electron chi connectivity index (χ3n) is 0.955. The van der Waals surface area contributed by atoms with E-state index in [0.29, 0.717) is 0 Å². The van der Waals surface area contributed by atoms with E-state index in [1.165, 1.54) is 0 Å². The van der Waals surface area contributed by atoms with E-state index >= 15 is 0 Å². The van der Waals surface area contributed by atoms with E-state index in [0.717, 1.165) is 12.5 Å². The van der Waals surface area contributed by atoms with Crippen molar-refractivity contribution in [3.8, 4) is 0 Å². The molecule has 13 nitrogen and oxygen atoms in total. The molecule has 0 spiro atoms. The molecule has 0 aromatic rings. The molecule has 192 valence electrons. The molecule has 0 radical (unpaired) electrons. The fraction of sp³-hybridized carbons (Fsp3) is 0.778. The summed E-state index contributed by atoms with van der Waals surface area (Å²) in [6.45, 7) is 4.00. The molecule has 0 heterocycles. The Hall–Kier alpha value is 1.59. The zero-order valence-electron chi connectivity index (χ0n) is 18.7. The monoisotopic (exact) mass is 617 g/mol. The van der Waals surface area contributed by atoms with Crippen LogP contribution in [0.25, 0.3) is 0 Å². The van der Waals surface area contributed by atoms with Crippen LogP contribution in [-0.2, 0) is 59.0 Å². The van der Waals surface area contributed by atoms with Gasteiger partial charge in [-0.1, -0.05) is 13.8 Å². The minimum absolute atomic E-state index is 0. The summed E-state index contributed by atoms with van der Waals surface area (Å²) in [6.07, 6.45) is 1.52. The smallest absolute Gasteiger partial charge is 0.772 e. The number of hydrogen-bond acceptors (Lipinski definition) is 12. The van der Waals surface area contributed by atoms with Gasteiger partial charge in [-0.25, -0.2) is 33.7 Å². The zero-order valence-corrected chi connectivity index (χ0v) is 25.1. The molecule has 0 aliphatic heterocycles.